The molecular weight excluding hydrogens is 712 g/mol. The minimum atomic E-state index is -1.74. The Bertz CT molecular complexity index is 1500. The molecule has 314 valence electrons. The molecule has 5 fully saturated rings. The number of aliphatic hydroxyl groups is 9. The third-order valence-electron chi connectivity index (χ3n) is 16.9. The Morgan fingerprint density at radius 1 is 0.745 bits per heavy atom. The van der Waals surface area contributed by atoms with Gasteiger partial charge in [-0.25, -0.2) is 0 Å². The first-order chi connectivity index (χ1) is 25.7. The van der Waals surface area contributed by atoms with Gasteiger partial charge in [-0.05, 0) is 91.9 Å². The van der Waals surface area contributed by atoms with Gasteiger partial charge in [0.05, 0.1) is 38.1 Å². The quantitative estimate of drug-likeness (QED) is 0.180. The van der Waals surface area contributed by atoms with Gasteiger partial charge in [-0.1, -0.05) is 59.3 Å². The fourth-order valence-corrected chi connectivity index (χ4v) is 13.0. The highest BCUT2D eigenvalue weighted by Gasteiger charge is 2.69. The molecule has 2 heterocycles. The zero-order valence-corrected chi connectivity index (χ0v) is 33.7. The number of aliphatic hydroxyl groups excluding tert-OH is 9. The lowest BCUT2D eigenvalue weighted by Crippen LogP contribution is -2.66. The molecule has 0 aromatic heterocycles. The minimum Gasteiger partial charge on any atom is -0.396 e. The lowest BCUT2D eigenvalue weighted by molar-refractivity contribution is -0.365. The first-order valence-corrected chi connectivity index (χ1v) is 20.6. The summed E-state index contributed by atoms with van der Waals surface area (Å²) in [5, 5.41) is 97.7. The summed E-state index contributed by atoms with van der Waals surface area (Å²) >= 11 is 0. The van der Waals surface area contributed by atoms with E-state index in [2.05, 4.69) is 46.8 Å². The molecule has 0 aromatic rings. The zero-order chi connectivity index (χ0) is 40.3. The predicted octanol–water partition coefficient (Wildman–Crippen LogP) is 1.68. The molecule has 3 saturated carbocycles. The Balaban J connectivity index is 1.25. The van der Waals surface area contributed by atoms with E-state index in [0.29, 0.717) is 19.3 Å². The second-order valence-electron chi connectivity index (χ2n) is 20.3. The largest absolute Gasteiger partial charge is 0.396 e. The van der Waals surface area contributed by atoms with Crippen LogP contribution in [0.15, 0.2) is 23.3 Å². The van der Waals surface area contributed by atoms with E-state index in [1.54, 1.807) is 6.92 Å². The molecule has 2 saturated heterocycles. The second-order valence-corrected chi connectivity index (χ2v) is 20.3. The van der Waals surface area contributed by atoms with Gasteiger partial charge in [-0.15, -0.1) is 0 Å². The van der Waals surface area contributed by atoms with Crippen LogP contribution in [0.4, 0.5) is 0 Å². The fourth-order valence-electron chi connectivity index (χ4n) is 13.0. The summed E-state index contributed by atoms with van der Waals surface area (Å²) in [4.78, 5) is 0. The molecular formula is C42H68O13. The van der Waals surface area contributed by atoms with E-state index in [0.717, 1.165) is 32.1 Å². The van der Waals surface area contributed by atoms with Crippen LogP contribution in [0.2, 0.25) is 0 Å². The maximum atomic E-state index is 11.9. The van der Waals surface area contributed by atoms with E-state index in [1.165, 1.54) is 11.1 Å². The Kier molecular flexibility index (Phi) is 11.0. The van der Waals surface area contributed by atoms with Gasteiger partial charge in [0.2, 0.25) is 0 Å². The summed E-state index contributed by atoms with van der Waals surface area (Å²) < 4.78 is 24.7. The number of ether oxygens (including phenoxy) is 4. The molecule has 5 aliphatic carbocycles. The molecule has 7 aliphatic rings. The lowest BCUT2D eigenvalue weighted by atomic mass is 9.35. The van der Waals surface area contributed by atoms with Crippen molar-refractivity contribution in [2.75, 3.05) is 19.8 Å². The van der Waals surface area contributed by atoms with Crippen molar-refractivity contribution in [2.24, 2.45) is 44.3 Å². The molecule has 19 atom stereocenters. The molecule has 0 radical (unpaired) electrons. The van der Waals surface area contributed by atoms with E-state index in [-0.39, 0.29) is 41.3 Å². The van der Waals surface area contributed by atoms with Gasteiger partial charge in [0.15, 0.2) is 12.6 Å². The lowest BCUT2D eigenvalue weighted by Gasteiger charge is -2.70. The normalized spacial score (nSPS) is 54.9. The zero-order valence-electron chi connectivity index (χ0n) is 33.7. The SMILES string of the molecule is C[C@@H]1O[C@@H](O[C@@H]2C[C@]3(C)C(=C4CC(C)(C)CCC42CO)C=CC2[C@@]4(C)CC[C@H](O)C(C)(CO)C4CC[C@]23C)[C@@H](O)[C@H](O[C@@H]2O[C@H](CO)[C@@H](O)[C@H](O)[C@H]2O)[C@@H]1O. The molecule has 13 heteroatoms. The van der Waals surface area contributed by atoms with Crippen molar-refractivity contribution >= 4 is 0 Å². The number of fused-ring (bicyclic) bond motifs is 6. The summed E-state index contributed by atoms with van der Waals surface area (Å²) in [5.41, 5.74) is 0.108. The molecule has 13 nitrogen and oxygen atoms in total. The summed E-state index contributed by atoms with van der Waals surface area (Å²) in [5.74, 6) is 0.253. The van der Waals surface area contributed by atoms with Crippen LogP contribution in [0.5, 0.6) is 0 Å². The number of allylic oxidation sites excluding steroid dienone is 3. The fraction of sp³-hybridized carbons (Fsp3) is 0.905. The van der Waals surface area contributed by atoms with Crippen molar-refractivity contribution in [1.82, 2.24) is 0 Å². The molecule has 0 aromatic carbocycles. The van der Waals surface area contributed by atoms with E-state index in [9.17, 15) is 46.0 Å². The number of rotatable bonds is 7. The van der Waals surface area contributed by atoms with Gasteiger partial charge >= 0.3 is 0 Å². The molecule has 7 rings (SSSR count). The summed E-state index contributed by atoms with van der Waals surface area (Å²) in [6.07, 6.45) is -5.03. The number of hydrogen-bond acceptors (Lipinski definition) is 13. The maximum Gasteiger partial charge on any atom is 0.187 e. The first-order valence-electron chi connectivity index (χ1n) is 20.6. The topological polar surface area (TPSA) is 219 Å². The molecule has 4 unspecified atom stereocenters. The van der Waals surface area contributed by atoms with Gasteiger partial charge in [-0.2, -0.15) is 0 Å². The van der Waals surface area contributed by atoms with Crippen LogP contribution in [0.25, 0.3) is 0 Å². The van der Waals surface area contributed by atoms with Crippen LogP contribution in [-0.2, 0) is 18.9 Å². The Morgan fingerprint density at radius 2 is 1.44 bits per heavy atom. The van der Waals surface area contributed by atoms with E-state index < -0.39 is 96.5 Å². The van der Waals surface area contributed by atoms with Crippen LogP contribution < -0.4 is 0 Å². The molecule has 2 aliphatic heterocycles. The third kappa shape index (κ3) is 6.12. The molecule has 0 amide bonds. The highest BCUT2D eigenvalue weighted by atomic mass is 16.7. The smallest absolute Gasteiger partial charge is 0.187 e. The monoisotopic (exact) mass is 780 g/mol. The average Bonchev–Trinajstić information content (AvgIpc) is 3.14. The first kappa shape index (κ1) is 42.1. The van der Waals surface area contributed by atoms with Crippen LogP contribution in [0.1, 0.15) is 99.8 Å². The Hall–Kier alpha value is -1.04. The number of hydrogen-bond donors (Lipinski definition) is 9. The maximum absolute atomic E-state index is 11.9. The minimum absolute atomic E-state index is 0.0364. The summed E-state index contributed by atoms with van der Waals surface area (Å²) in [6.45, 7) is 14.3. The van der Waals surface area contributed by atoms with Gasteiger partial charge in [0.1, 0.15) is 42.7 Å². The predicted molar refractivity (Wildman–Crippen MR) is 199 cm³/mol. The molecule has 55 heavy (non-hydrogen) atoms. The Labute approximate surface area is 325 Å². The molecule has 0 spiro atoms. The van der Waals surface area contributed by atoms with Crippen LogP contribution in [0, 0.1) is 44.3 Å². The molecule has 9 N–H and O–H groups in total. The van der Waals surface area contributed by atoms with Crippen LogP contribution in [0.3, 0.4) is 0 Å². The average molecular weight is 781 g/mol. The summed E-state index contributed by atoms with van der Waals surface area (Å²) in [6, 6.07) is 0. The van der Waals surface area contributed by atoms with E-state index in [1.807, 2.05) is 6.92 Å². The molecule has 0 bridgehead atoms. The van der Waals surface area contributed by atoms with Gasteiger partial charge in [0, 0.05) is 16.2 Å². The van der Waals surface area contributed by atoms with Crippen molar-refractivity contribution in [3.8, 4) is 0 Å². The van der Waals surface area contributed by atoms with Crippen molar-refractivity contribution < 1.29 is 64.9 Å². The van der Waals surface area contributed by atoms with Crippen molar-refractivity contribution in [2.45, 2.75) is 173 Å². The van der Waals surface area contributed by atoms with Crippen molar-refractivity contribution in [3.05, 3.63) is 23.3 Å². The highest BCUT2D eigenvalue weighted by Crippen LogP contribution is 2.74. The standard InChI is InChI=1S/C42H68O13/c1-21-29(47)34(55-35-32(50)31(49)30(48)24(18-43)53-35)33(51)36(52-21)54-28-17-41(7)22(23-16-37(2,3)14-15-42(23,28)20-45)8-9-26-38(4)12-11-27(46)39(5,19-44)25(38)10-13-40(26,41)6/h8-9,21,24-36,43-51H,10-20H2,1-7H3/t21-,24+,25?,26?,27-,28+,29+,30+,31-,32+,33-,34+,35-,36-,38-,39?,40+,41+,42?/m0/s1. The summed E-state index contributed by atoms with van der Waals surface area (Å²) in [7, 11) is 0. The third-order valence-corrected chi connectivity index (χ3v) is 16.9. The van der Waals surface area contributed by atoms with Crippen LogP contribution in [-0.4, -0.2) is 139 Å². The van der Waals surface area contributed by atoms with E-state index >= 15 is 0 Å². The van der Waals surface area contributed by atoms with Gasteiger partial charge in [0.25, 0.3) is 0 Å². The Morgan fingerprint density at radius 3 is 2.09 bits per heavy atom. The van der Waals surface area contributed by atoms with Gasteiger partial charge < -0.3 is 64.9 Å². The van der Waals surface area contributed by atoms with Gasteiger partial charge in [-0.3, -0.25) is 0 Å². The van der Waals surface area contributed by atoms with E-state index in [4.69, 9.17) is 18.9 Å². The van der Waals surface area contributed by atoms with Crippen molar-refractivity contribution in [1.29, 1.82) is 0 Å². The highest BCUT2D eigenvalue weighted by molar-refractivity contribution is 5.47. The second kappa shape index (κ2) is 14.3. The van der Waals surface area contributed by atoms with Crippen LogP contribution >= 0.6 is 0 Å². The van der Waals surface area contributed by atoms with Crippen molar-refractivity contribution in [3.63, 3.8) is 0 Å².